The molecule has 0 fully saturated rings. The molecule has 7 heteroatoms. The zero-order chi connectivity index (χ0) is 23.0. The third kappa shape index (κ3) is 5.65. The number of amides is 1. The fourth-order valence-corrected chi connectivity index (χ4v) is 3.24. The molecule has 0 bridgehead atoms. The van der Waals surface area contributed by atoms with Crippen LogP contribution in [-0.4, -0.2) is 35.6 Å². The predicted molar refractivity (Wildman–Crippen MR) is 128 cm³/mol. The predicted octanol–water partition coefficient (Wildman–Crippen LogP) is 4.39. The van der Waals surface area contributed by atoms with Crippen LogP contribution in [-0.2, 0) is 4.79 Å². The van der Waals surface area contributed by atoms with E-state index in [9.17, 15) is 4.79 Å². The normalized spacial score (nSPS) is 10.8. The molecule has 1 aromatic heterocycles. The Hall–Kier alpha value is -4.39. The van der Waals surface area contributed by atoms with Crippen molar-refractivity contribution < 1.29 is 14.3 Å². The number of para-hydroxylation sites is 1. The molecule has 0 aliphatic carbocycles. The molecule has 1 heterocycles. The van der Waals surface area contributed by atoms with E-state index in [0.29, 0.717) is 5.75 Å². The molecule has 4 rings (SSSR count). The lowest BCUT2D eigenvalue weighted by molar-refractivity contribution is -0.123. The van der Waals surface area contributed by atoms with E-state index in [1.807, 2.05) is 61.7 Å². The monoisotopic (exact) mass is 440 g/mol. The maximum Gasteiger partial charge on any atom is 0.277 e. The molecule has 0 unspecified atom stereocenters. The van der Waals surface area contributed by atoms with Gasteiger partial charge in [0, 0.05) is 17.3 Å². The van der Waals surface area contributed by atoms with Gasteiger partial charge in [-0.15, -0.1) is 0 Å². The first-order chi connectivity index (χ1) is 16.1. The molecule has 0 saturated heterocycles. The SMILES string of the molecule is COc1ccc(OCC(=O)N/N=C/c2cn(-c3ccccc3)nc2-c2cccc(C)c2)cc1. The minimum Gasteiger partial charge on any atom is -0.497 e. The largest absolute Gasteiger partial charge is 0.497 e. The van der Waals surface area contributed by atoms with Crippen LogP contribution in [0.1, 0.15) is 11.1 Å². The first-order valence-electron chi connectivity index (χ1n) is 10.4. The Morgan fingerprint density at radius 1 is 1.03 bits per heavy atom. The third-order valence-electron chi connectivity index (χ3n) is 4.88. The number of carbonyl (C=O) groups excluding carboxylic acids is 1. The number of hydrogen-bond donors (Lipinski definition) is 1. The summed E-state index contributed by atoms with van der Waals surface area (Å²) in [5.41, 5.74) is 7.10. The average Bonchev–Trinajstić information content (AvgIpc) is 3.28. The summed E-state index contributed by atoms with van der Waals surface area (Å²) in [6.07, 6.45) is 3.48. The van der Waals surface area contributed by atoms with Crippen molar-refractivity contribution in [2.24, 2.45) is 5.10 Å². The number of hydrogen-bond acceptors (Lipinski definition) is 5. The summed E-state index contributed by atoms with van der Waals surface area (Å²) < 4.78 is 12.4. The topological polar surface area (TPSA) is 77.7 Å². The number of rotatable bonds is 8. The average molecular weight is 441 g/mol. The standard InChI is InChI=1S/C26H24N4O3/c1-19-7-6-8-20(15-19)26-21(17-30(29-26)22-9-4-3-5-10-22)16-27-28-25(31)18-33-24-13-11-23(32-2)12-14-24/h3-17H,18H2,1-2H3,(H,28,31)/b27-16+. The Balaban J connectivity index is 1.47. The van der Waals surface area contributed by atoms with Gasteiger partial charge in [0.1, 0.15) is 17.2 Å². The van der Waals surface area contributed by atoms with Crippen molar-refractivity contribution >= 4 is 12.1 Å². The van der Waals surface area contributed by atoms with Crippen molar-refractivity contribution in [1.29, 1.82) is 0 Å². The number of hydrazone groups is 1. The number of ether oxygens (including phenoxy) is 2. The zero-order valence-electron chi connectivity index (χ0n) is 18.4. The number of carbonyl (C=O) groups is 1. The van der Waals surface area contributed by atoms with Crippen LogP contribution in [0.4, 0.5) is 0 Å². The van der Waals surface area contributed by atoms with Crippen LogP contribution in [0.15, 0.2) is 90.2 Å². The lowest BCUT2D eigenvalue weighted by atomic mass is 10.1. The summed E-state index contributed by atoms with van der Waals surface area (Å²) in [7, 11) is 1.59. The molecule has 0 atom stereocenters. The maximum absolute atomic E-state index is 12.2. The van der Waals surface area contributed by atoms with E-state index in [2.05, 4.69) is 16.6 Å². The molecule has 3 aromatic carbocycles. The summed E-state index contributed by atoms with van der Waals surface area (Å²) in [6, 6.07) is 24.9. The number of nitrogens with zero attached hydrogens (tertiary/aromatic N) is 3. The Morgan fingerprint density at radius 2 is 1.79 bits per heavy atom. The van der Waals surface area contributed by atoms with E-state index < -0.39 is 0 Å². The molecule has 0 aliphatic rings. The van der Waals surface area contributed by atoms with Gasteiger partial charge in [-0.3, -0.25) is 4.79 Å². The highest BCUT2D eigenvalue weighted by Crippen LogP contribution is 2.23. The quantitative estimate of drug-likeness (QED) is 0.326. The van der Waals surface area contributed by atoms with Crippen LogP contribution >= 0.6 is 0 Å². The molecular weight excluding hydrogens is 416 g/mol. The fourth-order valence-electron chi connectivity index (χ4n) is 3.24. The number of nitrogens with one attached hydrogen (secondary N) is 1. The first kappa shape index (κ1) is 21.8. The van der Waals surface area contributed by atoms with Crippen molar-refractivity contribution in [2.75, 3.05) is 13.7 Å². The molecule has 0 aliphatic heterocycles. The van der Waals surface area contributed by atoms with Crippen molar-refractivity contribution in [3.05, 3.63) is 96.2 Å². The number of aromatic nitrogens is 2. The van der Waals surface area contributed by atoms with E-state index in [0.717, 1.165) is 33.8 Å². The lowest BCUT2D eigenvalue weighted by Crippen LogP contribution is -2.24. The Kier molecular flexibility index (Phi) is 6.80. The highest BCUT2D eigenvalue weighted by atomic mass is 16.5. The Morgan fingerprint density at radius 3 is 2.52 bits per heavy atom. The molecule has 7 nitrogen and oxygen atoms in total. The molecule has 0 saturated carbocycles. The Labute approximate surface area is 192 Å². The van der Waals surface area contributed by atoms with Gasteiger partial charge in [0.15, 0.2) is 6.61 Å². The van der Waals surface area contributed by atoms with Gasteiger partial charge in [-0.05, 0) is 49.4 Å². The van der Waals surface area contributed by atoms with Gasteiger partial charge in [-0.2, -0.15) is 10.2 Å². The number of benzene rings is 3. The van der Waals surface area contributed by atoms with Crippen molar-refractivity contribution in [2.45, 2.75) is 6.92 Å². The van der Waals surface area contributed by atoms with Crippen LogP contribution in [0.5, 0.6) is 11.5 Å². The summed E-state index contributed by atoms with van der Waals surface area (Å²) in [5, 5.41) is 8.88. The van der Waals surface area contributed by atoms with E-state index in [1.165, 1.54) is 0 Å². The fraction of sp³-hybridized carbons (Fsp3) is 0.115. The summed E-state index contributed by atoms with van der Waals surface area (Å²) in [4.78, 5) is 12.2. The first-order valence-corrected chi connectivity index (χ1v) is 10.4. The van der Waals surface area contributed by atoms with Gasteiger partial charge in [0.05, 0.1) is 19.0 Å². The molecule has 166 valence electrons. The van der Waals surface area contributed by atoms with Crippen molar-refractivity contribution in [3.8, 4) is 28.4 Å². The van der Waals surface area contributed by atoms with Crippen LogP contribution in [0.3, 0.4) is 0 Å². The van der Waals surface area contributed by atoms with Crippen LogP contribution in [0.2, 0.25) is 0 Å². The number of methoxy groups -OCH3 is 1. The van der Waals surface area contributed by atoms with Crippen LogP contribution in [0.25, 0.3) is 16.9 Å². The van der Waals surface area contributed by atoms with Gasteiger partial charge < -0.3 is 9.47 Å². The summed E-state index contributed by atoms with van der Waals surface area (Å²) in [6.45, 7) is 1.88. The molecular formula is C26H24N4O3. The van der Waals surface area contributed by atoms with Crippen molar-refractivity contribution in [1.82, 2.24) is 15.2 Å². The zero-order valence-corrected chi connectivity index (χ0v) is 18.4. The molecule has 33 heavy (non-hydrogen) atoms. The molecule has 1 N–H and O–H groups in total. The van der Waals surface area contributed by atoms with Gasteiger partial charge in [-0.25, -0.2) is 10.1 Å². The van der Waals surface area contributed by atoms with Crippen LogP contribution in [0, 0.1) is 6.92 Å². The van der Waals surface area contributed by atoms with Gasteiger partial charge in [0.25, 0.3) is 5.91 Å². The van der Waals surface area contributed by atoms with Gasteiger partial charge in [0.2, 0.25) is 0 Å². The highest BCUT2D eigenvalue weighted by Gasteiger charge is 2.11. The van der Waals surface area contributed by atoms with Gasteiger partial charge >= 0.3 is 0 Å². The highest BCUT2D eigenvalue weighted by molar-refractivity contribution is 5.89. The summed E-state index contributed by atoms with van der Waals surface area (Å²) in [5.74, 6) is 0.923. The van der Waals surface area contributed by atoms with Crippen LogP contribution < -0.4 is 14.9 Å². The lowest BCUT2D eigenvalue weighted by Gasteiger charge is -2.05. The van der Waals surface area contributed by atoms with E-state index in [4.69, 9.17) is 14.6 Å². The smallest absolute Gasteiger partial charge is 0.277 e. The minimum absolute atomic E-state index is 0.155. The van der Waals surface area contributed by atoms with E-state index in [-0.39, 0.29) is 12.5 Å². The Bertz CT molecular complexity index is 1250. The van der Waals surface area contributed by atoms with E-state index >= 15 is 0 Å². The van der Waals surface area contributed by atoms with Gasteiger partial charge in [-0.1, -0.05) is 42.0 Å². The van der Waals surface area contributed by atoms with E-state index in [1.54, 1.807) is 42.3 Å². The molecule has 0 spiro atoms. The molecule has 4 aromatic rings. The number of aryl methyl sites for hydroxylation is 1. The summed E-state index contributed by atoms with van der Waals surface area (Å²) >= 11 is 0. The minimum atomic E-state index is -0.366. The second-order valence-electron chi connectivity index (χ2n) is 7.34. The molecule has 1 amide bonds. The second-order valence-corrected chi connectivity index (χ2v) is 7.34. The molecule has 0 radical (unpaired) electrons. The second kappa shape index (κ2) is 10.3. The third-order valence-corrected chi connectivity index (χ3v) is 4.88. The maximum atomic E-state index is 12.2. The van der Waals surface area contributed by atoms with Crippen molar-refractivity contribution in [3.63, 3.8) is 0 Å².